The van der Waals surface area contributed by atoms with Crippen molar-refractivity contribution in [1.82, 2.24) is 20.9 Å². The van der Waals surface area contributed by atoms with Crippen molar-refractivity contribution in [2.24, 2.45) is 0 Å². The number of rotatable bonds is 11. The molecule has 5 atom stereocenters. The van der Waals surface area contributed by atoms with E-state index in [1.54, 1.807) is 4.90 Å². The Kier molecular flexibility index (Phi) is 9.79. The summed E-state index contributed by atoms with van der Waals surface area (Å²) in [5.41, 5.74) is 1.23. The lowest BCUT2D eigenvalue weighted by atomic mass is 9.93. The van der Waals surface area contributed by atoms with E-state index in [4.69, 9.17) is 4.74 Å². The molecular weight excluding hydrogens is 494 g/mol. The minimum Gasteiger partial charge on any atom is -0.389 e. The molecule has 2 aromatic rings. The number of hydrogen-bond acceptors (Lipinski definition) is 6. The van der Waals surface area contributed by atoms with Gasteiger partial charge in [0.1, 0.15) is 17.7 Å². The lowest BCUT2D eigenvalue weighted by molar-refractivity contribution is -0.141. The normalized spacial score (nSPS) is 23.3. The molecule has 2 heterocycles. The van der Waals surface area contributed by atoms with Crippen LogP contribution >= 0.6 is 0 Å². The van der Waals surface area contributed by atoms with Gasteiger partial charge in [0.25, 0.3) is 0 Å². The standard InChI is InChI=1S/C28H36F2N4O4/c1-2-10-38-22-15-24(32-16-22)27(36)33-23(13-19-11-20(29)14-21(30)12-19)26(35)25-28(37)34(9-8-31-25)17-18-6-4-3-5-7-18/h3-7,11-12,14,22-26,31-32,35H,2,8-10,13,15-17H2,1H3,(H,33,36)/t22-,23-,24?,25-,26-/m0/s1. The first-order chi connectivity index (χ1) is 18.3. The highest BCUT2D eigenvalue weighted by Crippen LogP contribution is 2.18. The van der Waals surface area contributed by atoms with Gasteiger partial charge in [-0.3, -0.25) is 9.59 Å². The maximum Gasteiger partial charge on any atom is 0.242 e. The van der Waals surface area contributed by atoms with Crippen molar-refractivity contribution in [2.75, 3.05) is 26.2 Å². The molecule has 0 bridgehead atoms. The van der Waals surface area contributed by atoms with Crippen LogP contribution in [0.3, 0.4) is 0 Å². The van der Waals surface area contributed by atoms with Crippen LogP contribution in [0, 0.1) is 11.6 Å². The lowest BCUT2D eigenvalue weighted by Gasteiger charge is -2.38. The topological polar surface area (TPSA) is 103 Å². The Bertz CT molecular complexity index is 1070. The summed E-state index contributed by atoms with van der Waals surface area (Å²) in [5, 5.41) is 20.4. The molecule has 2 amide bonds. The molecule has 1 unspecified atom stereocenters. The third-order valence-electron chi connectivity index (χ3n) is 6.96. The second kappa shape index (κ2) is 13.2. The van der Waals surface area contributed by atoms with Gasteiger partial charge in [-0.25, -0.2) is 8.78 Å². The molecule has 38 heavy (non-hydrogen) atoms. The second-order valence-electron chi connectivity index (χ2n) is 9.95. The van der Waals surface area contributed by atoms with Crippen molar-refractivity contribution >= 4 is 11.8 Å². The molecule has 2 aliphatic rings. The van der Waals surface area contributed by atoms with E-state index in [-0.39, 0.29) is 29.9 Å². The van der Waals surface area contributed by atoms with Crippen LogP contribution in [0.5, 0.6) is 0 Å². The van der Waals surface area contributed by atoms with E-state index >= 15 is 0 Å². The SMILES string of the molecule is CCCO[C@@H]1CNC(C(=O)N[C@@H](Cc2cc(F)cc(F)c2)[C@H](O)[C@@H]2NCCN(Cc3ccccc3)C2=O)C1. The number of carbonyl (C=O) groups excluding carboxylic acids is 2. The predicted octanol–water partition coefficient (Wildman–Crippen LogP) is 1.51. The molecular formula is C28H36F2N4O4. The van der Waals surface area contributed by atoms with Crippen LogP contribution in [0.4, 0.5) is 8.78 Å². The Hall–Kier alpha value is -2.92. The zero-order valence-corrected chi connectivity index (χ0v) is 21.5. The number of hydrogen-bond donors (Lipinski definition) is 4. The quantitative estimate of drug-likeness (QED) is 0.351. The van der Waals surface area contributed by atoms with Gasteiger partial charge >= 0.3 is 0 Å². The zero-order valence-electron chi connectivity index (χ0n) is 21.5. The molecule has 0 spiro atoms. The lowest BCUT2D eigenvalue weighted by Crippen LogP contribution is -2.64. The zero-order chi connectivity index (χ0) is 27.1. The maximum absolute atomic E-state index is 13.9. The number of piperazine rings is 1. The van der Waals surface area contributed by atoms with Crippen LogP contribution in [0.25, 0.3) is 0 Å². The summed E-state index contributed by atoms with van der Waals surface area (Å²) >= 11 is 0. The fourth-order valence-corrected chi connectivity index (χ4v) is 5.05. The number of ether oxygens (including phenoxy) is 1. The van der Waals surface area contributed by atoms with Crippen LogP contribution in [0.2, 0.25) is 0 Å². The van der Waals surface area contributed by atoms with Gasteiger partial charge in [0, 0.05) is 38.9 Å². The van der Waals surface area contributed by atoms with Gasteiger partial charge < -0.3 is 30.7 Å². The highest BCUT2D eigenvalue weighted by molar-refractivity contribution is 5.85. The number of nitrogens with zero attached hydrogens (tertiary/aromatic N) is 1. The van der Waals surface area contributed by atoms with Crippen molar-refractivity contribution in [2.45, 2.75) is 63.1 Å². The summed E-state index contributed by atoms with van der Waals surface area (Å²) < 4.78 is 33.6. The van der Waals surface area contributed by atoms with Crippen LogP contribution in [0.1, 0.15) is 30.9 Å². The van der Waals surface area contributed by atoms with Gasteiger partial charge in [-0.05, 0) is 42.5 Å². The fraction of sp³-hybridized carbons (Fsp3) is 0.500. The summed E-state index contributed by atoms with van der Waals surface area (Å²) in [6.07, 6.45) is -0.164. The highest BCUT2D eigenvalue weighted by Gasteiger charge is 2.40. The van der Waals surface area contributed by atoms with Crippen molar-refractivity contribution in [3.63, 3.8) is 0 Å². The average Bonchev–Trinajstić information content (AvgIpc) is 3.37. The third-order valence-corrected chi connectivity index (χ3v) is 6.96. The Morgan fingerprint density at radius 2 is 1.89 bits per heavy atom. The van der Waals surface area contributed by atoms with Gasteiger partial charge in [0.05, 0.1) is 24.3 Å². The smallest absolute Gasteiger partial charge is 0.242 e. The number of aliphatic hydroxyl groups is 1. The van der Waals surface area contributed by atoms with E-state index in [1.807, 2.05) is 37.3 Å². The van der Waals surface area contributed by atoms with Crippen LogP contribution in [-0.4, -0.2) is 78.4 Å². The highest BCUT2D eigenvalue weighted by atomic mass is 19.1. The summed E-state index contributed by atoms with van der Waals surface area (Å²) in [5.74, 6) is -2.18. The van der Waals surface area contributed by atoms with Crippen LogP contribution in [0.15, 0.2) is 48.5 Å². The molecule has 2 aliphatic heterocycles. The van der Waals surface area contributed by atoms with E-state index in [2.05, 4.69) is 16.0 Å². The number of carbonyl (C=O) groups is 2. The van der Waals surface area contributed by atoms with E-state index < -0.39 is 35.9 Å². The Balaban J connectivity index is 1.49. The van der Waals surface area contributed by atoms with Gasteiger partial charge in [0.2, 0.25) is 11.8 Å². The monoisotopic (exact) mass is 530 g/mol. The van der Waals surface area contributed by atoms with Gasteiger partial charge in [0.15, 0.2) is 0 Å². The minimum atomic E-state index is -1.34. The Morgan fingerprint density at radius 1 is 1.16 bits per heavy atom. The fourth-order valence-electron chi connectivity index (χ4n) is 5.05. The van der Waals surface area contributed by atoms with Crippen molar-refractivity contribution in [1.29, 1.82) is 0 Å². The first-order valence-corrected chi connectivity index (χ1v) is 13.2. The largest absolute Gasteiger partial charge is 0.389 e. The summed E-state index contributed by atoms with van der Waals surface area (Å²) in [6, 6.07) is 10.1. The minimum absolute atomic E-state index is 0.0613. The van der Waals surface area contributed by atoms with Crippen LogP contribution in [-0.2, 0) is 27.3 Å². The second-order valence-corrected chi connectivity index (χ2v) is 9.95. The van der Waals surface area contributed by atoms with E-state index in [0.29, 0.717) is 39.2 Å². The maximum atomic E-state index is 13.9. The average molecular weight is 531 g/mol. The van der Waals surface area contributed by atoms with E-state index in [1.165, 1.54) is 0 Å². The molecule has 206 valence electrons. The Labute approximate surface area is 221 Å². The molecule has 4 rings (SSSR count). The summed E-state index contributed by atoms with van der Waals surface area (Å²) in [7, 11) is 0. The molecule has 2 fully saturated rings. The molecule has 2 aromatic carbocycles. The summed E-state index contributed by atoms with van der Waals surface area (Å²) in [6.45, 7) is 4.45. The number of amides is 2. The number of aliphatic hydroxyl groups excluding tert-OH is 1. The number of benzene rings is 2. The Morgan fingerprint density at radius 3 is 2.61 bits per heavy atom. The first-order valence-electron chi connectivity index (χ1n) is 13.2. The van der Waals surface area contributed by atoms with Crippen molar-refractivity contribution in [3.05, 3.63) is 71.3 Å². The molecule has 0 radical (unpaired) electrons. The molecule has 8 nitrogen and oxygen atoms in total. The van der Waals surface area contributed by atoms with Crippen molar-refractivity contribution in [3.8, 4) is 0 Å². The number of halogens is 2. The molecule has 10 heteroatoms. The van der Waals surface area contributed by atoms with Crippen molar-refractivity contribution < 1.29 is 28.2 Å². The van der Waals surface area contributed by atoms with E-state index in [0.717, 1.165) is 30.2 Å². The predicted molar refractivity (Wildman–Crippen MR) is 138 cm³/mol. The molecule has 4 N–H and O–H groups in total. The van der Waals surface area contributed by atoms with Gasteiger partial charge in [-0.2, -0.15) is 0 Å². The number of nitrogens with one attached hydrogen (secondary N) is 3. The molecule has 0 aromatic heterocycles. The van der Waals surface area contributed by atoms with Crippen LogP contribution < -0.4 is 16.0 Å². The van der Waals surface area contributed by atoms with Gasteiger partial charge in [-0.15, -0.1) is 0 Å². The molecule has 0 aliphatic carbocycles. The summed E-state index contributed by atoms with van der Waals surface area (Å²) in [4.78, 5) is 28.2. The molecule has 0 saturated carbocycles. The third kappa shape index (κ3) is 7.35. The van der Waals surface area contributed by atoms with E-state index in [9.17, 15) is 23.5 Å². The first kappa shape index (κ1) is 28.1. The van der Waals surface area contributed by atoms with Gasteiger partial charge in [-0.1, -0.05) is 37.3 Å². The molecule has 2 saturated heterocycles.